The largest absolute Gasteiger partial charge is 0.393 e. The third-order valence-corrected chi connectivity index (χ3v) is 7.91. The molecule has 7 nitrogen and oxygen atoms in total. The summed E-state index contributed by atoms with van der Waals surface area (Å²) in [5.74, 6) is -6.35. The zero-order valence-corrected chi connectivity index (χ0v) is 22.0. The van der Waals surface area contributed by atoms with E-state index in [1.54, 1.807) is 37.5 Å². The molecule has 186 valence electrons. The Kier molecular flexibility index (Phi) is 6.86. The van der Waals surface area contributed by atoms with Gasteiger partial charge in [-0.3, -0.25) is 24.5 Å². The van der Waals surface area contributed by atoms with Crippen LogP contribution < -0.4 is 16.2 Å². The molecular formula is C22H23B5ClF2N3O4. The molecule has 1 saturated heterocycles. The number of alkyl halides is 2. The van der Waals surface area contributed by atoms with Gasteiger partial charge in [0.25, 0.3) is 11.8 Å². The van der Waals surface area contributed by atoms with Crippen LogP contribution in [0.2, 0.25) is 5.02 Å². The van der Waals surface area contributed by atoms with E-state index in [2.05, 4.69) is 5.32 Å². The molecule has 15 heteroatoms. The first kappa shape index (κ1) is 27.0. The molecule has 0 aromatic heterocycles. The first-order valence-electron chi connectivity index (χ1n) is 11.9. The van der Waals surface area contributed by atoms with Crippen molar-refractivity contribution in [2.75, 3.05) is 0 Å². The van der Waals surface area contributed by atoms with Gasteiger partial charge >= 0.3 is 5.92 Å². The minimum atomic E-state index is -3.78. The predicted octanol–water partition coefficient (Wildman–Crippen LogP) is -3.84. The number of benzene rings is 2. The fraction of sp³-hybridized carbons (Fsp3) is 0.273. The average Bonchev–Trinajstić information content (AvgIpc) is 3.16. The summed E-state index contributed by atoms with van der Waals surface area (Å²) in [5.41, 5.74) is 2.61. The molecule has 0 aliphatic carbocycles. The number of imide groups is 1. The number of nitrogens with one attached hydrogen (secondary N) is 1. The van der Waals surface area contributed by atoms with Gasteiger partial charge in [-0.1, -0.05) is 40.7 Å². The highest BCUT2D eigenvalue weighted by atomic mass is 35.5. The van der Waals surface area contributed by atoms with Crippen LogP contribution in [0.3, 0.4) is 0 Å². The molecule has 0 saturated carbocycles. The Morgan fingerprint density at radius 3 is 2.32 bits per heavy atom. The first-order chi connectivity index (χ1) is 17.2. The van der Waals surface area contributed by atoms with Crippen molar-refractivity contribution in [3.8, 4) is 0 Å². The Bertz CT molecular complexity index is 1340. The second kappa shape index (κ2) is 9.38. The summed E-state index contributed by atoms with van der Waals surface area (Å²) in [6.07, 6.45) is 0.374. The van der Waals surface area contributed by atoms with Gasteiger partial charge in [0.05, 0.1) is 0 Å². The minimum absolute atomic E-state index is 0.140. The van der Waals surface area contributed by atoms with Crippen molar-refractivity contribution in [3.05, 3.63) is 57.6 Å². The molecule has 2 aromatic rings. The van der Waals surface area contributed by atoms with Crippen LogP contribution in [-0.4, -0.2) is 78.7 Å². The van der Waals surface area contributed by atoms with Crippen molar-refractivity contribution in [1.82, 2.24) is 15.0 Å². The maximum absolute atomic E-state index is 15.2. The number of fused-ring (bicyclic) bond motifs is 1. The highest BCUT2D eigenvalue weighted by Crippen LogP contribution is 2.35. The van der Waals surface area contributed by atoms with Gasteiger partial charge in [-0.15, -0.1) is 0 Å². The standard InChI is InChI=1S/C22H23B5ClF2N3O4/c23-16-12(22(25,26)33(27)20(37)21(29,30)10-1-3-11(28)4-2-10)7-9-8-32(19(36)15(9)17(16)24)13-5-6-14(34)31-18(13)35/h1-4,7,13H,5-6,8,23-27H2,(H,31,34,35). The lowest BCUT2D eigenvalue weighted by atomic mass is 9.52. The van der Waals surface area contributed by atoms with E-state index in [1.165, 1.54) is 25.0 Å². The molecule has 37 heavy (non-hydrogen) atoms. The molecular weight excluding hydrogens is 498 g/mol. The zero-order chi connectivity index (χ0) is 27.4. The first-order valence-corrected chi connectivity index (χ1v) is 12.3. The Morgan fingerprint density at radius 2 is 1.73 bits per heavy atom. The Labute approximate surface area is 222 Å². The number of nitrogens with zero attached hydrogens (tertiary/aromatic N) is 2. The lowest BCUT2D eigenvalue weighted by molar-refractivity contribution is -0.155. The highest BCUT2D eigenvalue weighted by Gasteiger charge is 2.47. The predicted molar refractivity (Wildman–Crippen MR) is 148 cm³/mol. The fourth-order valence-electron chi connectivity index (χ4n) is 5.10. The number of rotatable bonds is 5. The molecule has 0 spiro atoms. The van der Waals surface area contributed by atoms with Gasteiger partial charge in [0, 0.05) is 29.1 Å². The number of piperidine rings is 1. The molecule has 1 N–H and O–H groups in total. The van der Waals surface area contributed by atoms with Gasteiger partial charge in [0.2, 0.25) is 19.8 Å². The highest BCUT2D eigenvalue weighted by molar-refractivity contribution is 6.54. The van der Waals surface area contributed by atoms with E-state index in [0.717, 1.165) is 16.9 Å². The number of carbonyl (C=O) groups excluding carboxylic acids is 4. The third-order valence-electron chi connectivity index (χ3n) is 7.66. The van der Waals surface area contributed by atoms with Crippen LogP contribution in [0.25, 0.3) is 0 Å². The summed E-state index contributed by atoms with van der Waals surface area (Å²) in [6.45, 7) is 0.142. The van der Waals surface area contributed by atoms with Crippen LogP contribution in [0, 0.1) is 0 Å². The van der Waals surface area contributed by atoms with Crippen LogP contribution >= 0.6 is 11.6 Å². The smallest absolute Gasteiger partial charge is 0.348 e. The number of carbonyl (C=O) groups is 4. The lowest BCUT2D eigenvalue weighted by Gasteiger charge is -2.41. The van der Waals surface area contributed by atoms with Crippen LogP contribution in [0.1, 0.15) is 39.9 Å². The molecule has 2 aromatic carbocycles. The van der Waals surface area contributed by atoms with Crippen LogP contribution in [0.5, 0.6) is 0 Å². The summed E-state index contributed by atoms with van der Waals surface area (Å²) in [6, 6.07) is 5.86. The Morgan fingerprint density at radius 1 is 1.11 bits per heavy atom. The number of hydrogen-bond donors (Lipinski definition) is 1. The van der Waals surface area contributed by atoms with Gasteiger partial charge in [-0.25, -0.2) is 0 Å². The van der Waals surface area contributed by atoms with E-state index in [1.807, 2.05) is 0 Å². The maximum Gasteiger partial charge on any atom is 0.348 e. The molecule has 1 fully saturated rings. The van der Waals surface area contributed by atoms with E-state index in [-0.39, 0.29) is 36.2 Å². The molecule has 1 unspecified atom stereocenters. The number of halogens is 3. The molecule has 4 amide bonds. The van der Waals surface area contributed by atoms with Crippen molar-refractivity contribution < 1.29 is 28.0 Å². The number of amides is 4. The molecule has 4 rings (SSSR count). The SMILES string of the molecule is Bc1c(C(B)(B)N(B)C(=O)C(F)(F)c2ccc(Cl)cc2)cc2c(c1B)C(=O)N(C1CCC(=O)NC1=O)C2. The van der Waals surface area contributed by atoms with Gasteiger partial charge in [-0.2, -0.15) is 8.78 Å². The normalized spacial score (nSPS) is 18.0. The molecule has 2 aliphatic heterocycles. The monoisotopic (exact) mass is 521 g/mol. The van der Waals surface area contributed by atoms with Gasteiger partial charge < -0.3 is 9.71 Å². The van der Waals surface area contributed by atoms with Gasteiger partial charge in [-0.05, 0) is 35.0 Å². The number of hydrogen-bond acceptors (Lipinski definition) is 4. The summed E-state index contributed by atoms with van der Waals surface area (Å²) in [4.78, 5) is 52.8. The second-order valence-corrected chi connectivity index (χ2v) is 10.5. The van der Waals surface area contributed by atoms with Crippen molar-refractivity contribution >= 4 is 85.5 Å². The van der Waals surface area contributed by atoms with Crippen molar-refractivity contribution in [3.63, 3.8) is 0 Å². The van der Waals surface area contributed by atoms with Crippen molar-refractivity contribution in [2.45, 2.75) is 36.7 Å². The van der Waals surface area contributed by atoms with E-state index in [0.29, 0.717) is 27.6 Å². The second-order valence-electron chi connectivity index (χ2n) is 10.1. The van der Waals surface area contributed by atoms with E-state index in [9.17, 15) is 19.2 Å². The van der Waals surface area contributed by atoms with Crippen molar-refractivity contribution in [2.24, 2.45) is 0 Å². The average molecular weight is 521 g/mol. The van der Waals surface area contributed by atoms with E-state index >= 15 is 8.78 Å². The van der Waals surface area contributed by atoms with Gasteiger partial charge in [0.15, 0.2) is 0 Å². The molecule has 2 aliphatic rings. The van der Waals surface area contributed by atoms with E-state index in [4.69, 9.17) is 11.6 Å². The van der Waals surface area contributed by atoms with E-state index < -0.39 is 34.7 Å². The van der Waals surface area contributed by atoms with Crippen LogP contribution in [-0.2, 0) is 32.2 Å². The van der Waals surface area contributed by atoms with Crippen LogP contribution in [0.4, 0.5) is 8.78 Å². The third kappa shape index (κ3) is 4.49. The summed E-state index contributed by atoms with van der Waals surface area (Å²) < 4.78 is 30.4. The molecule has 1 atom stereocenters. The summed E-state index contributed by atoms with van der Waals surface area (Å²) in [5, 5.41) is 1.40. The minimum Gasteiger partial charge on any atom is -0.393 e. The Balaban J connectivity index is 1.67. The lowest BCUT2D eigenvalue weighted by Crippen LogP contribution is -2.56. The van der Waals surface area contributed by atoms with Crippen molar-refractivity contribution in [1.29, 1.82) is 0 Å². The zero-order valence-electron chi connectivity index (χ0n) is 21.2. The molecule has 2 heterocycles. The fourth-order valence-corrected chi connectivity index (χ4v) is 5.23. The Hall–Kier alpha value is -3.01. The summed E-state index contributed by atoms with van der Waals surface area (Å²) >= 11 is 5.81. The summed E-state index contributed by atoms with van der Waals surface area (Å²) in [7, 11) is 8.22. The maximum atomic E-state index is 15.2. The van der Waals surface area contributed by atoms with Crippen LogP contribution in [0.15, 0.2) is 30.3 Å². The molecule has 0 radical (unpaired) electrons. The molecule has 0 bridgehead atoms. The van der Waals surface area contributed by atoms with Gasteiger partial charge in [0.1, 0.15) is 37.4 Å². The quantitative estimate of drug-likeness (QED) is 0.323. The topological polar surface area (TPSA) is 86.8 Å².